The molecule has 0 radical (unpaired) electrons. The molecule has 2 N–H and O–H groups in total. The molecule has 0 fully saturated rings. The second-order valence-electron chi connectivity index (χ2n) is 6.23. The van der Waals surface area contributed by atoms with Gasteiger partial charge in [0.2, 0.25) is 0 Å². The van der Waals surface area contributed by atoms with Crippen molar-refractivity contribution in [1.82, 2.24) is 9.97 Å². The van der Waals surface area contributed by atoms with Gasteiger partial charge in [-0.15, -0.1) is 0 Å². The molecule has 0 saturated carbocycles. The lowest BCUT2D eigenvalue weighted by Crippen LogP contribution is -2.30. The highest BCUT2D eigenvalue weighted by Gasteiger charge is 2.14. The van der Waals surface area contributed by atoms with Gasteiger partial charge in [0.1, 0.15) is 11.6 Å². The van der Waals surface area contributed by atoms with Gasteiger partial charge in [0.25, 0.3) is 0 Å². The average Bonchev–Trinajstić information content (AvgIpc) is 2.54. The van der Waals surface area contributed by atoms with Gasteiger partial charge in [-0.2, -0.15) is 0 Å². The molecule has 0 amide bonds. The van der Waals surface area contributed by atoms with Gasteiger partial charge in [0, 0.05) is 38.8 Å². The Hall–Kier alpha value is -2.18. The van der Waals surface area contributed by atoms with Crippen molar-refractivity contribution in [1.29, 1.82) is 0 Å². The molecule has 1 heterocycles. The van der Waals surface area contributed by atoms with E-state index in [0.29, 0.717) is 18.9 Å². The number of nitrogens with zero attached hydrogens (tertiary/aromatic N) is 4. The first-order chi connectivity index (χ1) is 11.4. The fourth-order valence-electron chi connectivity index (χ4n) is 2.51. The highest BCUT2D eigenvalue weighted by molar-refractivity contribution is 5.62. The quantitative estimate of drug-likeness (QED) is 0.806. The number of hydrogen-bond acceptors (Lipinski definition) is 6. The first-order valence-corrected chi connectivity index (χ1v) is 8.09. The normalized spacial score (nSPS) is 13.4. The first kappa shape index (κ1) is 18.2. The molecule has 0 aliphatic heterocycles. The van der Waals surface area contributed by atoms with Crippen LogP contribution in [0.15, 0.2) is 36.4 Å². The fraction of sp³-hybridized carbons (Fsp3) is 0.444. The van der Waals surface area contributed by atoms with Gasteiger partial charge < -0.3 is 20.0 Å². The van der Waals surface area contributed by atoms with E-state index in [2.05, 4.69) is 9.97 Å². The predicted octanol–water partition coefficient (Wildman–Crippen LogP) is 1.78. The van der Waals surface area contributed by atoms with Gasteiger partial charge in [-0.05, 0) is 13.8 Å². The molecule has 2 atom stereocenters. The molecule has 0 saturated heterocycles. The van der Waals surface area contributed by atoms with Crippen molar-refractivity contribution in [3.63, 3.8) is 0 Å². The van der Waals surface area contributed by atoms with E-state index in [9.17, 15) is 10.2 Å². The number of rotatable bonds is 7. The maximum atomic E-state index is 9.64. The lowest BCUT2D eigenvalue weighted by molar-refractivity contribution is 0.201. The van der Waals surface area contributed by atoms with Gasteiger partial charge in [0.15, 0.2) is 5.82 Å². The number of likely N-dealkylation sites (N-methyl/N-ethyl adjacent to an activating group) is 2. The number of aliphatic hydroxyl groups is 2. The van der Waals surface area contributed by atoms with E-state index in [-0.39, 0.29) is 0 Å². The van der Waals surface area contributed by atoms with E-state index < -0.39 is 12.2 Å². The van der Waals surface area contributed by atoms with Gasteiger partial charge in [-0.3, -0.25) is 0 Å². The molecule has 130 valence electrons. The summed E-state index contributed by atoms with van der Waals surface area (Å²) in [6.07, 6.45) is -0.910. The summed E-state index contributed by atoms with van der Waals surface area (Å²) in [5, 5.41) is 19.3. The van der Waals surface area contributed by atoms with Crippen molar-refractivity contribution in [2.45, 2.75) is 26.1 Å². The Balaban J connectivity index is 2.43. The lowest BCUT2D eigenvalue weighted by Gasteiger charge is -2.24. The second kappa shape index (κ2) is 8.08. The van der Waals surface area contributed by atoms with Crippen LogP contribution in [0.1, 0.15) is 13.8 Å². The second-order valence-corrected chi connectivity index (χ2v) is 6.23. The monoisotopic (exact) mass is 330 g/mol. The number of benzene rings is 1. The summed E-state index contributed by atoms with van der Waals surface area (Å²) in [5.74, 6) is 2.09. The van der Waals surface area contributed by atoms with Gasteiger partial charge >= 0.3 is 0 Å². The van der Waals surface area contributed by atoms with Crippen molar-refractivity contribution in [3.05, 3.63) is 36.4 Å². The Bertz CT molecular complexity index is 612. The zero-order valence-corrected chi connectivity index (χ0v) is 14.7. The van der Waals surface area contributed by atoms with Crippen LogP contribution in [0.5, 0.6) is 0 Å². The van der Waals surface area contributed by atoms with Crippen LogP contribution in [0.2, 0.25) is 0 Å². The Morgan fingerprint density at radius 2 is 1.33 bits per heavy atom. The van der Waals surface area contributed by atoms with E-state index >= 15 is 0 Å². The standard InChI is InChI=1S/C18H26N4O2/c1-13(23)11-21(3)16-10-17(22(4)12-14(2)24)20-18(19-16)15-8-6-5-7-9-15/h5-10,13-14,23-24H,11-12H2,1-4H3/t13-,14+. The molecular formula is C18H26N4O2. The average molecular weight is 330 g/mol. The van der Waals surface area contributed by atoms with Crippen LogP contribution in [0.25, 0.3) is 11.4 Å². The van der Waals surface area contributed by atoms with E-state index in [1.807, 2.05) is 60.3 Å². The summed E-state index contributed by atoms with van der Waals surface area (Å²) in [7, 11) is 3.78. The summed E-state index contributed by atoms with van der Waals surface area (Å²) < 4.78 is 0. The van der Waals surface area contributed by atoms with E-state index in [1.165, 1.54) is 0 Å². The summed E-state index contributed by atoms with van der Waals surface area (Å²) in [4.78, 5) is 13.1. The van der Waals surface area contributed by atoms with Crippen LogP contribution < -0.4 is 9.80 Å². The molecule has 2 aromatic rings. The van der Waals surface area contributed by atoms with Crippen molar-refractivity contribution < 1.29 is 10.2 Å². The molecule has 0 aliphatic rings. The fourth-order valence-corrected chi connectivity index (χ4v) is 2.51. The number of aromatic nitrogens is 2. The van der Waals surface area contributed by atoms with Crippen molar-refractivity contribution >= 4 is 11.6 Å². The number of hydrogen-bond donors (Lipinski definition) is 2. The topological polar surface area (TPSA) is 72.7 Å². The zero-order valence-electron chi connectivity index (χ0n) is 14.7. The molecule has 1 aromatic heterocycles. The number of aliphatic hydroxyl groups excluding tert-OH is 2. The Morgan fingerprint density at radius 3 is 1.75 bits per heavy atom. The Kier molecular flexibility index (Phi) is 6.11. The minimum Gasteiger partial charge on any atom is -0.392 e. The molecule has 0 spiro atoms. The van der Waals surface area contributed by atoms with E-state index in [0.717, 1.165) is 17.2 Å². The van der Waals surface area contributed by atoms with E-state index in [4.69, 9.17) is 0 Å². The van der Waals surface area contributed by atoms with E-state index in [1.54, 1.807) is 13.8 Å². The summed E-state index contributed by atoms with van der Waals surface area (Å²) in [6.45, 7) is 4.45. The third-order valence-corrected chi connectivity index (χ3v) is 3.59. The van der Waals surface area contributed by atoms with Crippen molar-refractivity contribution in [3.8, 4) is 11.4 Å². The predicted molar refractivity (Wildman–Crippen MR) is 97.4 cm³/mol. The molecule has 1 aromatic carbocycles. The molecule has 6 nitrogen and oxygen atoms in total. The smallest absolute Gasteiger partial charge is 0.163 e. The maximum absolute atomic E-state index is 9.64. The number of anilines is 2. The lowest BCUT2D eigenvalue weighted by atomic mass is 10.2. The molecule has 0 aliphatic carbocycles. The molecule has 0 unspecified atom stereocenters. The molecule has 0 bridgehead atoms. The minimum atomic E-state index is -0.455. The SMILES string of the molecule is C[C@H](O)CN(C)c1cc(N(C)C[C@@H](C)O)nc(-c2ccccc2)n1. The third kappa shape index (κ3) is 4.91. The Morgan fingerprint density at radius 1 is 0.875 bits per heavy atom. The molecule has 24 heavy (non-hydrogen) atoms. The first-order valence-electron chi connectivity index (χ1n) is 8.09. The molecule has 6 heteroatoms. The van der Waals surface area contributed by atoms with Gasteiger partial charge in [-0.1, -0.05) is 30.3 Å². The van der Waals surface area contributed by atoms with Crippen LogP contribution in [0.3, 0.4) is 0 Å². The van der Waals surface area contributed by atoms with Crippen LogP contribution in [0, 0.1) is 0 Å². The summed E-state index contributed by atoms with van der Waals surface area (Å²) in [6, 6.07) is 11.6. The molecule has 2 rings (SSSR count). The summed E-state index contributed by atoms with van der Waals surface area (Å²) in [5.41, 5.74) is 0.927. The largest absolute Gasteiger partial charge is 0.392 e. The van der Waals surface area contributed by atoms with Crippen LogP contribution in [-0.4, -0.2) is 59.6 Å². The minimum absolute atomic E-state index is 0.455. The van der Waals surface area contributed by atoms with Gasteiger partial charge in [0.05, 0.1) is 12.2 Å². The third-order valence-electron chi connectivity index (χ3n) is 3.59. The summed E-state index contributed by atoms with van der Waals surface area (Å²) >= 11 is 0. The van der Waals surface area contributed by atoms with Crippen LogP contribution in [0.4, 0.5) is 11.6 Å². The van der Waals surface area contributed by atoms with Crippen molar-refractivity contribution in [2.24, 2.45) is 0 Å². The highest BCUT2D eigenvalue weighted by atomic mass is 16.3. The highest BCUT2D eigenvalue weighted by Crippen LogP contribution is 2.23. The van der Waals surface area contributed by atoms with Crippen molar-refractivity contribution in [2.75, 3.05) is 37.0 Å². The van der Waals surface area contributed by atoms with Crippen LogP contribution in [-0.2, 0) is 0 Å². The Labute approximate surface area is 143 Å². The maximum Gasteiger partial charge on any atom is 0.163 e. The van der Waals surface area contributed by atoms with Gasteiger partial charge in [-0.25, -0.2) is 9.97 Å². The molecular weight excluding hydrogens is 304 g/mol. The van der Waals surface area contributed by atoms with Crippen LogP contribution >= 0.6 is 0 Å². The zero-order chi connectivity index (χ0) is 17.7.